The summed E-state index contributed by atoms with van der Waals surface area (Å²) in [7, 11) is 0. The first-order valence-corrected chi connectivity index (χ1v) is 9.65. The largest absolute Gasteiger partial charge is 0.458 e. The van der Waals surface area contributed by atoms with Gasteiger partial charge in [-0.25, -0.2) is 4.79 Å². The lowest BCUT2D eigenvalue weighted by atomic mass is 9.51. The van der Waals surface area contributed by atoms with Crippen LogP contribution >= 0.6 is 0 Å². The summed E-state index contributed by atoms with van der Waals surface area (Å²) in [5.74, 6) is -0.850. The molecular formula is C22H32O5. The van der Waals surface area contributed by atoms with Crippen molar-refractivity contribution in [1.29, 1.82) is 0 Å². The number of Topliss-reactive ketones (excluding diaryl/α,β-unsaturated/α-hetero) is 1. The molecule has 0 aliphatic heterocycles. The maximum absolute atomic E-state index is 12.4. The first kappa shape index (κ1) is 21.4. The van der Waals surface area contributed by atoms with Crippen LogP contribution in [0.1, 0.15) is 60.8 Å². The average molecular weight is 376 g/mol. The van der Waals surface area contributed by atoms with Gasteiger partial charge in [-0.1, -0.05) is 31.6 Å². The maximum Gasteiger partial charge on any atom is 0.331 e. The second-order valence-electron chi connectivity index (χ2n) is 8.81. The van der Waals surface area contributed by atoms with E-state index in [1.807, 2.05) is 20.8 Å². The maximum atomic E-state index is 12.4. The fourth-order valence-electron chi connectivity index (χ4n) is 4.74. The molecule has 2 fully saturated rings. The highest BCUT2D eigenvalue weighted by Crippen LogP contribution is 2.56. The molecule has 0 unspecified atom stereocenters. The molecule has 0 aromatic rings. The van der Waals surface area contributed by atoms with Crippen LogP contribution in [0.25, 0.3) is 0 Å². The lowest BCUT2D eigenvalue weighted by Gasteiger charge is -2.56. The third-order valence-corrected chi connectivity index (χ3v) is 6.32. The van der Waals surface area contributed by atoms with Gasteiger partial charge in [-0.15, -0.1) is 0 Å². The van der Waals surface area contributed by atoms with Gasteiger partial charge in [0.15, 0.2) is 0 Å². The molecule has 5 nitrogen and oxygen atoms in total. The molecule has 27 heavy (non-hydrogen) atoms. The zero-order chi connectivity index (χ0) is 20.5. The summed E-state index contributed by atoms with van der Waals surface area (Å²) >= 11 is 0. The van der Waals surface area contributed by atoms with Gasteiger partial charge >= 0.3 is 11.9 Å². The Morgan fingerprint density at radius 3 is 2.26 bits per heavy atom. The number of rotatable bonds is 4. The van der Waals surface area contributed by atoms with Gasteiger partial charge in [0.05, 0.1) is 0 Å². The molecule has 5 heteroatoms. The summed E-state index contributed by atoms with van der Waals surface area (Å²) in [6.07, 6.45) is 1.78. The van der Waals surface area contributed by atoms with E-state index in [-0.39, 0.29) is 29.0 Å². The van der Waals surface area contributed by atoms with Crippen molar-refractivity contribution in [2.24, 2.45) is 23.2 Å². The molecule has 0 bridgehead atoms. The van der Waals surface area contributed by atoms with Gasteiger partial charge < -0.3 is 9.47 Å². The molecule has 0 spiro atoms. The van der Waals surface area contributed by atoms with Crippen molar-refractivity contribution in [3.8, 4) is 0 Å². The van der Waals surface area contributed by atoms with Crippen molar-refractivity contribution in [2.75, 3.05) is 0 Å². The normalized spacial score (nSPS) is 35.6. The summed E-state index contributed by atoms with van der Waals surface area (Å²) in [5, 5.41) is 0. The van der Waals surface area contributed by atoms with Gasteiger partial charge in [0, 0.05) is 37.7 Å². The molecule has 0 heterocycles. The molecule has 2 aliphatic carbocycles. The Kier molecular flexibility index (Phi) is 6.33. The Morgan fingerprint density at radius 1 is 1.11 bits per heavy atom. The molecule has 0 aromatic heterocycles. The smallest absolute Gasteiger partial charge is 0.331 e. The Balaban J connectivity index is 2.50. The number of allylic oxidation sites excluding steroid dienone is 1. The Morgan fingerprint density at radius 2 is 1.74 bits per heavy atom. The molecule has 2 saturated carbocycles. The molecular weight excluding hydrogens is 344 g/mol. The summed E-state index contributed by atoms with van der Waals surface area (Å²) < 4.78 is 11.5. The topological polar surface area (TPSA) is 69.7 Å². The quantitative estimate of drug-likeness (QED) is 0.421. The second-order valence-corrected chi connectivity index (χ2v) is 8.81. The van der Waals surface area contributed by atoms with Crippen molar-refractivity contribution in [1.82, 2.24) is 0 Å². The van der Waals surface area contributed by atoms with E-state index in [9.17, 15) is 14.4 Å². The summed E-state index contributed by atoms with van der Waals surface area (Å²) in [6, 6.07) is 0. The Hall–Kier alpha value is -1.91. The van der Waals surface area contributed by atoms with Crippen molar-refractivity contribution in [3.05, 3.63) is 23.8 Å². The highest BCUT2D eigenvalue weighted by molar-refractivity contribution is 5.83. The van der Waals surface area contributed by atoms with Crippen LogP contribution in [0, 0.1) is 23.2 Å². The fourth-order valence-corrected chi connectivity index (χ4v) is 4.74. The third kappa shape index (κ3) is 4.50. The number of hydrogen-bond donors (Lipinski definition) is 0. The number of fused-ring (bicyclic) bond motifs is 1. The first-order chi connectivity index (χ1) is 12.5. The molecule has 0 N–H and O–H groups in total. The van der Waals surface area contributed by atoms with Gasteiger partial charge in [0.1, 0.15) is 18.0 Å². The van der Waals surface area contributed by atoms with Crippen LogP contribution in [0.4, 0.5) is 0 Å². The summed E-state index contributed by atoms with van der Waals surface area (Å²) in [6.45, 7) is 15.2. The lowest BCUT2D eigenvalue weighted by molar-refractivity contribution is -0.199. The van der Waals surface area contributed by atoms with Crippen LogP contribution < -0.4 is 0 Å². The van der Waals surface area contributed by atoms with Crippen LogP contribution in [0.2, 0.25) is 0 Å². The number of carbonyl (C=O) groups excluding carboxylic acids is 3. The molecule has 0 amide bonds. The zero-order valence-electron chi connectivity index (χ0n) is 17.3. The highest BCUT2D eigenvalue weighted by Gasteiger charge is 2.58. The first-order valence-electron chi connectivity index (χ1n) is 9.65. The van der Waals surface area contributed by atoms with Crippen molar-refractivity contribution in [2.45, 2.75) is 73.0 Å². The van der Waals surface area contributed by atoms with Crippen LogP contribution in [0.3, 0.4) is 0 Å². The van der Waals surface area contributed by atoms with Gasteiger partial charge in [-0.3, -0.25) is 9.59 Å². The predicted molar refractivity (Wildman–Crippen MR) is 103 cm³/mol. The van der Waals surface area contributed by atoms with Crippen molar-refractivity contribution >= 4 is 17.7 Å². The van der Waals surface area contributed by atoms with E-state index in [1.54, 1.807) is 0 Å². The minimum Gasteiger partial charge on any atom is -0.458 e. The molecule has 2 rings (SSSR count). The fraction of sp³-hybridized carbons (Fsp3) is 0.682. The van der Waals surface area contributed by atoms with E-state index in [4.69, 9.17) is 9.47 Å². The van der Waals surface area contributed by atoms with Crippen LogP contribution in [0.5, 0.6) is 0 Å². The molecule has 0 aromatic carbocycles. The zero-order valence-corrected chi connectivity index (χ0v) is 17.3. The highest BCUT2D eigenvalue weighted by atomic mass is 16.6. The minimum atomic E-state index is -0.663. The van der Waals surface area contributed by atoms with E-state index < -0.39 is 24.1 Å². The van der Waals surface area contributed by atoms with Gasteiger partial charge in [0.25, 0.3) is 0 Å². The van der Waals surface area contributed by atoms with Gasteiger partial charge in [0.2, 0.25) is 0 Å². The monoisotopic (exact) mass is 376 g/mol. The molecule has 6 atom stereocenters. The van der Waals surface area contributed by atoms with Crippen molar-refractivity contribution in [3.63, 3.8) is 0 Å². The number of ether oxygens (including phenoxy) is 2. The van der Waals surface area contributed by atoms with Crippen LogP contribution in [0.15, 0.2) is 23.8 Å². The van der Waals surface area contributed by atoms with Crippen molar-refractivity contribution < 1.29 is 23.9 Å². The summed E-state index contributed by atoms with van der Waals surface area (Å²) in [4.78, 5) is 36.6. The summed E-state index contributed by atoms with van der Waals surface area (Å²) in [5.41, 5.74) is 1.53. The van der Waals surface area contributed by atoms with Crippen LogP contribution in [-0.4, -0.2) is 29.9 Å². The molecule has 0 radical (unpaired) electrons. The standard InChI is InChI=1S/C22H32O5/c1-12(2)8-19(25)27-21-18-10-16(24)9-14(5)22(18,7)11-17(13(3)4)20(21)26-15(6)23/h8,14,17-18,20-21H,3,9-11H2,1-2,4-7H3/t14-,17+,18+,20+,21-,22+/m0/s1. The molecule has 2 aliphatic rings. The van der Waals surface area contributed by atoms with E-state index in [0.717, 1.165) is 17.6 Å². The number of ketones is 1. The van der Waals surface area contributed by atoms with Gasteiger partial charge in [-0.2, -0.15) is 0 Å². The molecule has 0 saturated heterocycles. The van der Waals surface area contributed by atoms with E-state index in [1.165, 1.54) is 13.0 Å². The Labute approximate surface area is 162 Å². The molecule has 150 valence electrons. The van der Waals surface area contributed by atoms with E-state index >= 15 is 0 Å². The number of esters is 2. The Bertz CT molecular complexity index is 672. The van der Waals surface area contributed by atoms with E-state index in [2.05, 4.69) is 20.4 Å². The SMILES string of the molecule is C=C(C)[C@H]1C[C@@]2(C)[C@H](CC(=O)C[C@@H]2C)[C@H](OC(=O)C=C(C)C)[C@@H]1OC(C)=O. The number of hydrogen-bond acceptors (Lipinski definition) is 5. The van der Waals surface area contributed by atoms with Gasteiger partial charge in [-0.05, 0) is 38.5 Å². The lowest BCUT2D eigenvalue weighted by Crippen LogP contribution is -2.59. The average Bonchev–Trinajstić information content (AvgIpc) is 2.50. The van der Waals surface area contributed by atoms with Crippen LogP contribution in [-0.2, 0) is 23.9 Å². The number of carbonyl (C=O) groups is 3. The van der Waals surface area contributed by atoms with E-state index in [0.29, 0.717) is 12.8 Å². The third-order valence-electron chi connectivity index (χ3n) is 6.32. The predicted octanol–water partition coefficient (Wildman–Crippen LogP) is 4.01. The second kappa shape index (κ2) is 7.99. The minimum absolute atomic E-state index is 0.115.